The molecule has 2 amide bonds. The van der Waals surface area contributed by atoms with E-state index in [1.165, 1.54) is 0 Å². The second-order valence-electron chi connectivity index (χ2n) is 9.28. The average Bonchev–Trinajstić information content (AvgIpc) is 3.49. The van der Waals surface area contributed by atoms with Crippen LogP contribution in [0.15, 0.2) is 18.3 Å². The van der Waals surface area contributed by atoms with Crippen LogP contribution in [0.25, 0.3) is 22.2 Å². The minimum absolute atomic E-state index is 0.0707. The van der Waals surface area contributed by atoms with Crippen LogP contribution in [0, 0.1) is 0 Å². The molecule has 8 nitrogen and oxygen atoms in total. The molecule has 3 heterocycles. The Morgan fingerprint density at radius 1 is 1.19 bits per heavy atom. The first-order chi connectivity index (χ1) is 17.4. The van der Waals surface area contributed by atoms with Crippen molar-refractivity contribution in [3.8, 4) is 11.3 Å². The van der Waals surface area contributed by atoms with Crippen molar-refractivity contribution in [1.82, 2.24) is 25.0 Å². The topological polar surface area (TPSA) is 109 Å². The lowest BCUT2D eigenvalue weighted by molar-refractivity contribution is -0.131. The van der Waals surface area contributed by atoms with Crippen molar-refractivity contribution in [2.24, 2.45) is 5.73 Å². The molecule has 0 radical (unpaired) electrons. The summed E-state index contributed by atoms with van der Waals surface area (Å²) < 4.78 is 1.63. The Balaban J connectivity index is 1.50. The maximum absolute atomic E-state index is 12.4. The fraction of sp³-hybridized carbons (Fsp3) is 0.500. The molecule has 0 atom stereocenters. The average molecular weight is 534 g/mol. The van der Waals surface area contributed by atoms with Gasteiger partial charge in [0, 0.05) is 60.9 Å². The Morgan fingerprint density at radius 2 is 1.97 bits per heavy atom. The second kappa shape index (κ2) is 12.1. The van der Waals surface area contributed by atoms with Gasteiger partial charge < -0.3 is 20.9 Å². The van der Waals surface area contributed by atoms with E-state index in [1.54, 1.807) is 10.9 Å². The van der Waals surface area contributed by atoms with E-state index in [9.17, 15) is 9.59 Å². The first kappa shape index (κ1) is 26.5. The molecule has 0 fully saturated rings. The minimum Gasteiger partial charge on any atom is -0.357 e. The minimum atomic E-state index is -0.0707. The van der Waals surface area contributed by atoms with Crippen molar-refractivity contribution in [2.45, 2.75) is 65.0 Å². The van der Waals surface area contributed by atoms with Gasteiger partial charge in [-0.15, -0.1) is 0 Å². The molecule has 0 spiro atoms. The van der Waals surface area contributed by atoms with Crippen LogP contribution in [0.1, 0.15) is 56.7 Å². The summed E-state index contributed by atoms with van der Waals surface area (Å²) in [4.78, 5) is 30.1. The molecule has 2 aromatic heterocycles. The van der Waals surface area contributed by atoms with Crippen LogP contribution in [-0.4, -0.2) is 51.1 Å². The molecule has 1 aromatic carbocycles. The molecule has 4 N–H and O–H groups in total. The molecule has 3 aromatic rings. The van der Waals surface area contributed by atoms with E-state index in [2.05, 4.69) is 15.4 Å². The fourth-order valence-corrected chi connectivity index (χ4v) is 5.20. The van der Waals surface area contributed by atoms with E-state index >= 15 is 0 Å². The van der Waals surface area contributed by atoms with E-state index in [4.69, 9.17) is 28.9 Å². The number of carbonyl (C=O) groups is 2. The van der Waals surface area contributed by atoms with Crippen molar-refractivity contribution in [3.63, 3.8) is 0 Å². The summed E-state index contributed by atoms with van der Waals surface area (Å²) in [5.41, 5.74) is 9.92. The van der Waals surface area contributed by atoms with Crippen molar-refractivity contribution in [1.29, 1.82) is 0 Å². The van der Waals surface area contributed by atoms with Crippen LogP contribution in [0.5, 0.6) is 0 Å². The number of benzene rings is 1. The highest BCUT2D eigenvalue weighted by molar-refractivity contribution is 6.45. The predicted octanol–water partition coefficient (Wildman–Crippen LogP) is 4.66. The molecule has 0 bridgehead atoms. The second-order valence-corrected chi connectivity index (χ2v) is 10.1. The molecule has 1 aliphatic heterocycles. The number of hydrogen-bond acceptors (Lipinski definition) is 4. The lowest BCUT2D eigenvalue weighted by Gasteiger charge is -2.27. The van der Waals surface area contributed by atoms with Crippen LogP contribution in [-0.2, 0) is 29.1 Å². The van der Waals surface area contributed by atoms with Crippen LogP contribution < -0.4 is 11.1 Å². The molecule has 1 aliphatic rings. The Kier molecular flexibility index (Phi) is 8.93. The molecular formula is C26H34Cl2N6O2. The number of nitrogens with one attached hydrogen (secondary N) is 2. The Bertz CT molecular complexity index is 1230. The summed E-state index contributed by atoms with van der Waals surface area (Å²) in [6.45, 7) is 4.60. The zero-order chi connectivity index (χ0) is 25.7. The largest absolute Gasteiger partial charge is 0.357 e. The molecular weight excluding hydrogens is 499 g/mol. The van der Waals surface area contributed by atoms with Gasteiger partial charge in [0.2, 0.25) is 11.8 Å². The summed E-state index contributed by atoms with van der Waals surface area (Å²) >= 11 is 13.1. The van der Waals surface area contributed by atoms with Gasteiger partial charge in [0.25, 0.3) is 0 Å². The van der Waals surface area contributed by atoms with Gasteiger partial charge in [-0.25, -0.2) is 0 Å². The maximum atomic E-state index is 12.4. The summed E-state index contributed by atoms with van der Waals surface area (Å²) in [7, 11) is 0. The molecule has 0 aliphatic carbocycles. The first-order valence-corrected chi connectivity index (χ1v) is 13.5. The highest BCUT2D eigenvalue weighted by Crippen LogP contribution is 2.41. The smallest absolute Gasteiger partial charge is 0.241 e. The Morgan fingerprint density at radius 3 is 2.75 bits per heavy atom. The highest BCUT2D eigenvalue weighted by Gasteiger charge is 2.27. The number of carbonyl (C=O) groups excluding carboxylic acids is 2. The van der Waals surface area contributed by atoms with E-state index < -0.39 is 0 Å². The summed E-state index contributed by atoms with van der Waals surface area (Å²) in [6.07, 6.45) is 8.37. The van der Waals surface area contributed by atoms with E-state index in [1.807, 2.05) is 24.0 Å². The molecule has 0 unspecified atom stereocenters. The van der Waals surface area contributed by atoms with E-state index in [-0.39, 0.29) is 18.4 Å². The van der Waals surface area contributed by atoms with Crippen molar-refractivity contribution < 1.29 is 9.59 Å². The third-order valence-electron chi connectivity index (χ3n) is 6.72. The van der Waals surface area contributed by atoms with Gasteiger partial charge in [-0.2, -0.15) is 5.10 Å². The van der Waals surface area contributed by atoms with Crippen LogP contribution in [0.2, 0.25) is 10.0 Å². The Hall–Kier alpha value is -2.55. The number of amides is 2. The van der Waals surface area contributed by atoms with Gasteiger partial charge in [-0.3, -0.25) is 14.3 Å². The standard InChI is InChI=1S/C26H34Cl2N6O2/c1-2-23(36)33-12-8-20-18(15-33)24-17(14-19(27)25(28)26(24)31-20)21-9-13-34(32-21)16-22(35)30-11-7-5-3-4-6-10-29/h9,13-14,31H,2-8,10-12,15-16,29H2,1H3,(H,30,35). The Labute approximate surface area is 221 Å². The molecule has 0 saturated carbocycles. The first-order valence-electron chi connectivity index (χ1n) is 12.7. The van der Waals surface area contributed by atoms with Crippen molar-refractivity contribution in [2.75, 3.05) is 19.6 Å². The number of halogens is 2. The maximum Gasteiger partial charge on any atom is 0.241 e. The predicted molar refractivity (Wildman–Crippen MR) is 144 cm³/mol. The third-order valence-corrected chi connectivity index (χ3v) is 7.51. The number of rotatable bonds is 11. The van der Waals surface area contributed by atoms with Gasteiger partial charge in [-0.1, -0.05) is 49.4 Å². The molecule has 10 heteroatoms. The molecule has 0 saturated heterocycles. The van der Waals surface area contributed by atoms with E-state index in [0.29, 0.717) is 41.8 Å². The number of unbranched alkanes of at least 4 members (excludes halogenated alkanes) is 4. The number of fused-ring (bicyclic) bond motifs is 3. The van der Waals surface area contributed by atoms with Crippen LogP contribution in [0.4, 0.5) is 0 Å². The lowest BCUT2D eigenvalue weighted by atomic mass is 9.99. The van der Waals surface area contributed by atoms with Crippen molar-refractivity contribution in [3.05, 3.63) is 39.6 Å². The monoisotopic (exact) mass is 532 g/mol. The third kappa shape index (κ3) is 5.88. The highest BCUT2D eigenvalue weighted by atomic mass is 35.5. The number of nitrogens with two attached hydrogens (primary N) is 1. The molecule has 194 valence electrons. The summed E-state index contributed by atoms with van der Waals surface area (Å²) in [5, 5.41) is 9.45. The zero-order valence-electron chi connectivity index (χ0n) is 20.7. The number of aromatic amines is 1. The normalized spacial score (nSPS) is 13.3. The zero-order valence-corrected chi connectivity index (χ0v) is 22.2. The van der Waals surface area contributed by atoms with Crippen molar-refractivity contribution >= 4 is 45.9 Å². The van der Waals surface area contributed by atoms with Gasteiger partial charge >= 0.3 is 0 Å². The van der Waals surface area contributed by atoms with Crippen LogP contribution in [0.3, 0.4) is 0 Å². The number of H-pyrrole nitrogens is 1. The molecule has 36 heavy (non-hydrogen) atoms. The van der Waals surface area contributed by atoms with Crippen LogP contribution >= 0.6 is 23.2 Å². The number of hydrogen-bond donors (Lipinski definition) is 3. The van der Waals surface area contributed by atoms with Gasteiger partial charge in [0.15, 0.2) is 0 Å². The lowest BCUT2D eigenvalue weighted by Crippen LogP contribution is -2.35. The summed E-state index contributed by atoms with van der Waals surface area (Å²) in [6, 6.07) is 3.69. The number of aromatic nitrogens is 3. The SMILES string of the molecule is CCC(=O)N1CCc2[nH]c3c(Cl)c(Cl)cc(-c4ccn(CC(=O)NCCCCCCCN)n4)c3c2C1. The van der Waals surface area contributed by atoms with E-state index in [0.717, 1.165) is 72.8 Å². The number of nitrogens with zero attached hydrogens (tertiary/aromatic N) is 3. The van der Waals surface area contributed by atoms with Gasteiger partial charge in [0.1, 0.15) is 6.54 Å². The summed E-state index contributed by atoms with van der Waals surface area (Å²) in [5.74, 6) is 0.0566. The van der Waals surface area contributed by atoms with Gasteiger partial charge in [0.05, 0.1) is 21.3 Å². The van der Waals surface area contributed by atoms with Gasteiger partial charge in [-0.05, 0) is 31.5 Å². The quantitative estimate of drug-likeness (QED) is 0.312. The fourth-order valence-electron chi connectivity index (χ4n) is 4.80. The molecule has 4 rings (SSSR count).